The third kappa shape index (κ3) is 3.26. The fraction of sp³-hybridized carbons (Fsp3) is 0.400. The maximum Gasteiger partial charge on any atom is 0.262 e. The molecule has 2 unspecified atom stereocenters. The van der Waals surface area contributed by atoms with Crippen LogP contribution in [0.5, 0.6) is 5.75 Å². The zero-order chi connectivity index (χ0) is 23.3. The number of fused-ring (bicyclic) bond motifs is 4. The SMILES string of the molecule is CCO[C@H]1CCC2Oc3ccc(-c4cc(F)cc(C#N)c4)cc3C3(N=C(N)N(C)C3=O)[C@H]2C1. The number of likely N-dealkylation sites (N-methyl/N-ethyl adjacent to an activating group) is 1. The third-order valence-corrected chi connectivity index (χ3v) is 6.97. The van der Waals surface area contributed by atoms with E-state index < -0.39 is 11.4 Å². The second-order valence-corrected chi connectivity index (χ2v) is 8.81. The Bertz CT molecular complexity index is 1210. The number of nitriles is 1. The number of halogens is 1. The Morgan fingerprint density at radius 2 is 2.12 bits per heavy atom. The van der Waals surface area contributed by atoms with E-state index in [4.69, 9.17) is 20.2 Å². The van der Waals surface area contributed by atoms with Crippen molar-refractivity contribution in [3.63, 3.8) is 0 Å². The summed E-state index contributed by atoms with van der Waals surface area (Å²) in [5, 5.41) is 9.25. The van der Waals surface area contributed by atoms with Crippen LogP contribution in [-0.4, -0.2) is 42.6 Å². The summed E-state index contributed by atoms with van der Waals surface area (Å²) < 4.78 is 26.4. The van der Waals surface area contributed by atoms with Crippen molar-refractivity contribution in [2.24, 2.45) is 16.6 Å². The number of aliphatic imine (C=N–C) groups is 1. The molecular formula is C25H25FN4O3. The predicted molar refractivity (Wildman–Crippen MR) is 120 cm³/mol. The van der Waals surface area contributed by atoms with Gasteiger partial charge in [-0.05, 0) is 67.6 Å². The van der Waals surface area contributed by atoms with Gasteiger partial charge in [-0.25, -0.2) is 9.38 Å². The number of rotatable bonds is 3. The lowest BCUT2D eigenvalue weighted by molar-refractivity contribution is -0.139. The fourth-order valence-corrected chi connectivity index (χ4v) is 5.45. The maximum atomic E-state index is 14.1. The summed E-state index contributed by atoms with van der Waals surface area (Å²) in [5.41, 5.74) is 6.96. The van der Waals surface area contributed by atoms with Crippen LogP contribution in [0, 0.1) is 23.1 Å². The number of carbonyl (C=O) groups is 1. The standard InChI is InChI=1S/C25H25FN4O3/c1-3-32-18-5-7-22-20(12-18)25(23(31)30(2)24(28)29-25)19-11-15(4-6-21(19)33-22)16-8-14(13-27)9-17(26)10-16/h4,6,8-11,18,20,22H,3,5,7,12H2,1-2H3,(H2,28,29)/t18-,20-,22?,25?/m0/s1. The van der Waals surface area contributed by atoms with Crippen LogP contribution in [0.25, 0.3) is 11.1 Å². The number of carbonyl (C=O) groups excluding carboxylic acids is 1. The molecule has 2 N–H and O–H groups in total. The van der Waals surface area contributed by atoms with Crippen molar-refractivity contribution in [3.05, 3.63) is 53.3 Å². The average molecular weight is 448 g/mol. The summed E-state index contributed by atoms with van der Waals surface area (Å²) >= 11 is 0. The Balaban J connectivity index is 1.68. The third-order valence-electron chi connectivity index (χ3n) is 6.97. The van der Waals surface area contributed by atoms with Gasteiger partial charge in [-0.1, -0.05) is 6.07 Å². The van der Waals surface area contributed by atoms with Crippen molar-refractivity contribution in [2.75, 3.05) is 13.7 Å². The highest BCUT2D eigenvalue weighted by atomic mass is 19.1. The molecule has 2 aliphatic heterocycles. The number of guanidine groups is 1. The Kier molecular flexibility index (Phi) is 5.09. The van der Waals surface area contributed by atoms with E-state index in [0.29, 0.717) is 35.5 Å². The molecule has 1 aliphatic carbocycles. The summed E-state index contributed by atoms with van der Waals surface area (Å²) in [5.74, 6) is -0.215. The first kappa shape index (κ1) is 21.4. The highest BCUT2D eigenvalue weighted by Gasteiger charge is 2.61. The smallest absolute Gasteiger partial charge is 0.262 e. The van der Waals surface area contributed by atoms with E-state index in [1.54, 1.807) is 19.2 Å². The first-order valence-electron chi connectivity index (χ1n) is 11.1. The fourth-order valence-electron chi connectivity index (χ4n) is 5.45. The van der Waals surface area contributed by atoms with E-state index in [1.807, 2.05) is 25.1 Å². The monoisotopic (exact) mass is 448 g/mol. The van der Waals surface area contributed by atoms with E-state index in [0.717, 1.165) is 12.8 Å². The zero-order valence-corrected chi connectivity index (χ0v) is 18.5. The van der Waals surface area contributed by atoms with Gasteiger partial charge in [0.2, 0.25) is 0 Å². The quantitative estimate of drug-likeness (QED) is 0.776. The van der Waals surface area contributed by atoms with Gasteiger partial charge in [0.25, 0.3) is 5.91 Å². The van der Waals surface area contributed by atoms with Gasteiger partial charge in [-0.15, -0.1) is 0 Å². The molecule has 7 nitrogen and oxygen atoms in total. The molecule has 33 heavy (non-hydrogen) atoms. The average Bonchev–Trinajstić information content (AvgIpc) is 3.04. The summed E-state index contributed by atoms with van der Waals surface area (Å²) in [6.45, 7) is 2.55. The minimum absolute atomic E-state index is 0.0120. The topological polar surface area (TPSA) is 101 Å². The van der Waals surface area contributed by atoms with E-state index in [1.165, 1.54) is 17.0 Å². The van der Waals surface area contributed by atoms with Gasteiger partial charge in [0.1, 0.15) is 17.7 Å². The Morgan fingerprint density at radius 3 is 2.82 bits per heavy atom. The summed E-state index contributed by atoms with van der Waals surface area (Å²) in [6.07, 6.45) is 2.04. The normalized spacial score (nSPS) is 28.1. The van der Waals surface area contributed by atoms with Gasteiger partial charge >= 0.3 is 0 Å². The van der Waals surface area contributed by atoms with Crippen molar-refractivity contribution in [2.45, 2.75) is 43.9 Å². The van der Waals surface area contributed by atoms with Crippen molar-refractivity contribution >= 4 is 11.9 Å². The molecule has 170 valence electrons. The number of nitrogens with zero attached hydrogens (tertiary/aromatic N) is 3. The molecule has 2 heterocycles. The van der Waals surface area contributed by atoms with Gasteiger partial charge in [0.15, 0.2) is 11.5 Å². The van der Waals surface area contributed by atoms with Crippen LogP contribution in [-0.2, 0) is 15.1 Å². The van der Waals surface area contributed by atoms with Crippen LogP contribution in [0.1, 0.15) is 37.3 Å². The van der Waals surface area contributed by atoms with Crippen LogP contribution >= 0.6 is 0 Å². The number of hydrogen-bond donors (Lipinski definition) is 1. The lowest BCUT2D eigenvalue weighted by Gasteiger charge is -2.47. The van der Waals surface area contributed by atoms with Crippen molar-refractivity contribution in [3.8, 4) is 22.9 Å². The van der Waals surface area contributed by atoms with Crippen LogP contribution in [0.4, 0.5) is 4.39 Å². The minimum atomic E-state index is -1.23. The highest BCUT2D eigenvalue weighted by Crippen LogP contribution is 2.54. The molecule has 1 fully saturated rings. The summed E-state index contributed by atoms with van der Waals surface area (Å²) in [4.78, 5) is 19.9. The van der Waals surface area contributed by atoms with Gasteiger partial charge in [-0.3, -0.25) is 9.69 Å². The van der Waals surface area contributed by atoms with E-state index in [9.17, 15) is 14.4 Å². The molecule has 5 rings (SSSR count). The number of amides is 1. The van der Waals surface area contributed by atoms with Crippen molar-refractivity contribution in [1.29, 1.82) is 5.26 Å². The molecule has 4 atom stereocenters. The maximum absolute atomic E-state index is 14.1. The zero-order valence-electron chi connectivity index (χ0n) is 18.5. The molecule has 1 saturated carbocycles. The number of benzene rings is 2. The van der Waals surface area contributed by atoms with Crippen LogP contribution < -0.4 is 10.5 Å². The van der Waals surface area contributed by atoms with E-state index in [2.05, 4.69) is 0 Å². The minimum Gasteiger partial charge on any atom is -0.490 e. The van der Waals surface area contributed by atoms with Crippen LogP contribution in [0.3, 0.4) is 0 Å². The van der Waals surface area contributed by atoms with Gasteiger partial charge in [-0.2, -0.15) is 5.26 Å². The molecule has 3 aliphatic rings. The van der Waals surface area contributed by atoms with E-state index >= 15 is 0 Å². The Hall–Kier alpha value is -3.44. The molecule has 1 amide bonds. The first-order valence-corrected chi connectivity index (χ1v) is 11.1. The molecule has 0 saturated heterocycles. The number of ether oxygens (including phenoxy) is 2. The van der Waals surface area contributed by atoms with Crippen molar-refractivity contribution < 1.29 is 18.7 Å². The van der Waals surface area contributed by atoms with Gasteiger partial charge in [0.05, 0.1) is 17.7 Å². The summed E-state index contributed by atoms with van der Waals surface area (Å²) in [7, 11) is 1.62. The molecule has 0 radical (unpaired) electrons. The van der Waals surface area contributed by atoms with Gasteiger partial charge < -0.3 is 15.2 Å². The van der Waals surface area contributed by atoms with Crippen molar-refractivity contribution in [1.82, 2.24) is 4.90 Å². The molecule has 0 bridgehead atoms. The number of hydrogen-bond acceptors (Lipinski definition) is 6. The second kappa shape index (κ2) is 7.85. The summed E-state index contributed by atoms with van der Waals surface area (Å²) in [6, 6.07) is 11.6. The predicted octanol–water partition coefficient (Wildman–Crippen LogP) is 3.31. The first-order chi connectivity index (χ1) is 15.9. The molecule has 0 aromatic heterocycles. The molecule has 8 heteroatoms. The van der Waals surface area contributed by atoms with Gasteiger partial charge in [0, 0.05) is 25.1 Å². The molecular weight excluding hydrogens is 423 g/mol. The van der Waals surface area contributed by atoms with E-state index in [-0.39, 0.29) is 35.6 Å². The molecule has 2 aromatic carbocycles. The number of nitrogens with two attached hydrogens (primary N) is 1. The van der Waals surface area contributed by atoms with Crippen LogP contribution in [0.2, 0.25) is 0 Å². The highest BCUT2D eigenvalue weighted by molar-refractivity contribution is 6.07. The van der Waals surface area contributed by atoms with Crippen LogP contribution in [0.15, 0.2) is 41.4 Å². The lowest BCUT2D eigenvalue weighted by Crippen LogP contribution is -2.55. The Morgan fingerprint density at radius 1 is 1.30 bits per heavy atom. The largest absolute Gasteiger partial charge is 0.490 e. The molecule has 1 spiro atoms. The lowest BCUT2D eigenvalue weighted by atomic mass is 9.66. The molecule has 2 aromatic rings. The Labute approximate surface area is 191 Å². The second-order valence-electron chi connectivity index (χ2n) is 8.81.